The van der Waals surface area contributed by atoms with Crippen LogP contribution in [-0.2, 0) is 0 Å². The lowest BCUT2D eigenvalue weighted by Crippen LogP contribution is -2.10. The summed E-state index contributed by atoms with van der Waals surface area (Å²) in [6.07, 6.45) is 2.05. The number of ether oxygens (including phenoxy) is 1. The molecule has 0 spiro atoms. The van der Waals surface area contributed by atoms with Crippen LogP contribution in [0.4, 0.5) is 5.69 Å². The third-order valence-corrected chi connectivity index (χ3v) is 4.50. The summed E-state index contributed by atoms with van der Waals surface area (Å²) in [6.45, 7) is 2.85. The van der Waals surface area contributed by atoms with Crippen molar-refractivity contribution in [3.05, 3.63) is 57.6 Å². The van der Waals surface area contributed by atoms with E-state index in [0.717, 1.165) is 30.9 Å². The average molecular weight is 322 g/mol. The number of fused-ring (bicyclic) bond motifs is 1. The molecule has 0 fully saturated rings. The summed E-state index contributed by atoms with van der Waals surface area (Å²) in [6, 6.07) is 12.1. The lowest BCUT2D eigenvalue weighted by molar-refractivity contribution is 0.314. The van der Waals surface area contributed by atoms with Crippen LogP contribution in [0.15, 0.2) is 36.4 Å². The first-order chi connectivity index (χ1) is 10.1. The van der Waals surface area contributed by atoms with Gasteiger partial charge in [-0.3, -0.25) is 0 Å². The molecule has 0 saturated carbocycles. The second kappa shape index (κ2) is 6.17. The molecule has 1 N–H and O–H groups in total. The van der Waals surface area contributed by atoms with Crippen LogP contribution in [0.3, 0.4) is 0 Å². The van der Waals surface area contributed by atoms with Crippen LogP contribution in [0, 0.1) is 6.92 Å². The maximum atomic E-state index is 6.09. The molecule has 1 unspecified atom stereocenters. The molecule has 0 aromatic heterocycles. The van der Waals surface area contributed by atoms with Gasteiger partial charge in [0.05, 0.1) is 22.7 Å². The van der Waals surface area contributed by atoms with Crippen molar-refractivity contribution in [3.63, 3.8) is 0 Å². The summed E-state index contributed by atoms with van der Waals surface area (Å²) in [4.78, 5) is 0. The highest BCUT2D eigenvalue weighted by atomic mass is 35.5. The minimum atomic E-state index is 0.222. The standard InChI is InChI=1S/C17H17Cl2NO/c1-11-4-2-5-13-16(6-3-9-21-17(11)13)20-12-7-8-14(18)15(19)10-12/h2,4-5,7-8,10,16,20H,3,6,9H2,1H3. The smallest absolute Gasteiger partial charge is 0.127 e. The van der Waals surface area contributed by atoms with E-state index >= 15 is 0 Å². The number of hydrogen-bond acceptors (Lipinski definition) is 2. The summed E-state index contributed by atoms with van der Waals surface area (Å²) in [5.74, 6) is 1.01. The second-order valence-electron chi connectivity index (χ2n) is 5.31. The van der Waals surface area contributed by atoms with Gasteiger partial charge in [0.15, 0.2) is 0 Å². The van der Waals surface area contributed by atoms with E-state index in [1.807, 2.05) is 18.2 Å². The fourth-order valence-corrected chi connectivity index (χ4v) is 3.00. The van der Waals surface area contributed by atoms with Crippen molar-refractivity contribution in [1.82, 2.24) is 0 Å². The van der Waals surface area contributed by atoms with Crippen LogP contribution in [-0.4, -0.2) is 6.61 Å². The Morgan fingerprint density at radius 1 is 1.14 bits per heavy atom. The number of aryl methyl sites for hydroxylation is 1. The van der Waals surface area contributed by atoms with E-state index < -0.39 is 0 Å². The van der Waals surface area contributed by atoms with E-state index in [-0.39, 0.29) is 6.04 Å². The Balaban J connectivity index is 1.92. The van der Waals surface area contributed by atoms with Crippen LogP contribution in [0.1, 0.15) is 30.0 Å². The predicted molar refractivity (Wildman–Crippen MR) is 88.7 cm³/mol. The van der Waals surface area contributed by atoms with Crippen molar-refractivity contribution < 1.29 is 4.74 Å². The normalized spacial score (nSPS) is 17.6. The van der Waals surface area contributed by atoms with Gasteiger partial charge < -0.3 is 10.1 Å². The zero-order chi connectivity index (χ0) is 14.8. The van der Waals surface area contributed by atoms with E-state index in [2.05, 4.69) is 30.4 Å². The maximum absolute atomic E-state index is 6.09. The third-order valence-electron chi connectivity index (χ3n) is 3.76. The molecule has 2 aromatic carbocycles. The number of benzene rings is 2. The molecule has 0 amide bonds. The van der Waals surface area contributed by atoms with Crippen LogP contribution in [0.2, 0.25) is 10.0 Å². The number of anilines is 1. The first-order valence-corrected chi connectivity index (χ1v) is 7.84. The summed E-state index contributed by atoms with van der Waals surface area (Å²) in [5.41, 5.74) is 3.36. The zero-order valence-electron chi connectivity index (χ0n) is 11.8. The quantitative estimate of drug-likeness (QED) is 0.774. The minimum absolute atomic E-state index is 0.222. The number of rotatable bonds is 2. The first-order valence-electron chi connectivity index (χ1n) is 7.09. The largest absolute Gasteiger partial charge is 0.493 e. The van der Waals surface area contributed by atoms with Gasteiger partial charge >= 0.3 is 0 Å². The molecule has 1 heterocycles. The topological polar surface area (TPSA) is 21.3 Å². The second-order valence-corrected chi connectivity index (χ2v) is 6.12. The Bertz CT molecular complexity index is 657. The number of halogens is 2. The Hall–Kier alpha value is -1.38. The summed E-state index contributed by atoms with van der Waals surface area (Å²) in [5, 5.41) is 4.69. The highest BCUT2D eigenvalue weighted by Crippen LogP contribution is 2.36. The van der Waals surface area contributed by atoms with Crippen molar-refractivity contribution in [1.29, 1.82) is 0 Å². The van der Waals surface area contributed by atoms with E-state index in [1.165, 1.54) is 11.1 Å². The van der Waals surface area contributed by atoms with Crippen LogP contribution < -0.4 is 10.1 Å². The van der Waals surface area contributed by atoms with Gasteiger partial charge in [0.25, 0.3) is 0 Å². The molecule has 0 saturated heterocycles. The third kappa shape index (κ3) is 3.12. The summed E-state index contributed by atoms with van der Waals surface area (Å²) in [7, 11) is 0. The predicted octanol–water partition coefficient (Wildman–Crippen LogP) is 5.63. The van der Waals surface area contributed by atoms with Gasteiger partial charge in [-0.1, -0.05) is 41.4 Å². The van der Waals surface area contributed by atoms with Crippen molar-refractivity contribution in [2.24, 2.45) is 0 Å². The average Bonchev–Trinajstić information content (AvgIpc) is 2.67. The Morgan fingerprint density at radius 2 is 2.00 bits per heavy atom. The number of para-hydroxylation sites is 1. The number of hydrogen-bond donors (Lipinski definition) is 1. The molecule has 2 aromatic rings. The molecule has 3 rings (SSSR count). The van der Waals surface area contributed by atoms with Gasteiger partial charge in [-0.2, -0.15) is 0 Å². The monoisotopic (exact) mass is 321 g/mol. The zero-order valence-corrected chi connectivity index (χ0v) is 13.3. The fraction of sp³-hybridized carbons (Fsp3) is 0.294. The maximum Gasteiger partial charge on any atom is 0.127 e. The minimum Gasteiger partial charge on any atom is -0.493 e. The van der Waals surface area contributed by atoms with E-state index in [4.69, 9.17) is 27.9 Å². The summed E-state index contributed by atoms with van der Waals surface area (Å²) >= 11 is 12.1. The Kier molecular flexibility index (Phi) is 4.27. The number of nitrogens with one attached hydrogen (secondary N) is 1. The molecule has 0 radical (unpaired) electrons. The Labute approximate surface area is 135 Å². The van der Waals surface area contributed by atoms with Gasteiger partial charge in [-0.25, -0.2) is 0 Å². The van der Waals surface area contributed by atoms with Crippen molar-refractivity contribution in [2.45, 2.75) is 25.8 Å². The molecule has 4 heteroatoms. The first kappa shape index (κ1) is 14.6. The molecule has 2 nitrogen and oxygen atoms in total. The lowest BCUT2D eigenvalue weighted by atomic mass is 9.99. The molecule has 1 aliphatic heterocycles. The van der Waals surface area contributed by atoms with Crippen LogP contribution in [0.5, 0.6) is 5.75 Å². The molecular weight excluding hydrogens is 305 g/mol. The fourth-order valence-electron chi connectivity index (χ4n) is 2.70. The van der Waals surface area contributed by atoms with E-state index in [1.54, 1.807) is 0 Å². The van der Waals surface area contributed by atoms with Crippen molar-refractivity contribution >= 4 is 28.9 Å². The van der Waals surface area contributed by atoms with Gasteiger partial charge in [-0.05, 0) is 43.5 Å². The highest BCUT2D eigenvalue weighted by molar-refractivity contribution is 6.42. The molecule has 110 valence electrons. The van der Waals surface area contributed by atoms with Crippen molar-refractivity contribution in [2.75, 3.05) is 11.9 Å². The molecular formula is C17H17Cl2NO. The molecule has 0 bridgehead atoms. The molecule has 1 atom stereocenters. The van der Waals surface area contributed by atoms with E-state index in [9.17, 15) is 0 Å². The lowest BCUT2D eigenvalue weighted by Gasteiger charge is -2.20. The van der Waals surface area contributed by atoms with Gasteiger partial charge in [0.1, 0.15) is 5.75 Å². The Morgan fingerprint density at radius 3 is 2.81 bits per heavy atom. The van der Waals surface area contributed by atoms with E-state index in [0.29, 0.717) is 10.0 Å². The highest BCUT2D eigenvalue weighted by Gasteiger charge is 2.21. The van der Waals surface area contributed by atoms with Gasteiger partial charge in [0, 0.05) is 11.3 Å². The molecule has 0 aliphatic carbocycles. The summed E-state index contributed by atoms with van der Waals surface area (Å²) < 4.78 is 5.90. The van der Waals surface area contributed by atoms with Crippen LogP contribution in [0.25, 0.3) is 0 Å². The SMILES string of the molecule is Cc1cccc2c1OCCCC2Nc1ccc(Cl)c(Cl)c1. The van der Waals surface area contributed by atoms with Gasteiger partial charge in [-0.15, -0.1) is 0 Å². The molecule has 21 heavy (non-hydrogen) atoms. The molecule has 1 aliphatic rings. The van der Waals surface area contributed by atoms with Crippen molar-refractivity contribution in [3.8, 4) is 5.75 Å². The van der Waals surface area contributed by atoms with Gasteiger partial charge in [0.2, 0.25) is 0 Å². The van der Waals surface area contributed by atoms with Crippen LogP contribution >= 0.6 is 23.2 Å².